The molecule has 3 N–H and O–H groups in total. The van der Waals surface area contributed by atoms with Gasteiger partial charge in [0.15, 0.2) is 12.4 Å². The highest BCUT2D eigenvalue weighted by Gasteiger charge is 2.59. The van der Waals surface area contributed by atoms with Gasteiger partial charge in [-0.3, -0.25) is 4.79 Å². The van der Waals surface area contributed by atoms with Crippen LogP contribution in [0.4, 0.5) is 4.39 Å². The van der Waals surface area contributed by atoms with Crippen LogP contribution in [0.5, 0.6) is 0 Å². The Morgan fingerprint density at radius 2 is 2.04 bits per heavy atom. The minimum Gasteiger partial charge on any atom is -0.384 e. The predicted molar refractivity (Wildman–Crippen MR) is 97.9 cm³/mol. The van der Waals surface area contributed by atoms with Gasteiger partial charge in [-0.2, -0.15) is 5.10 Å². The van der Waals surface area contributed by atoms with Gasteiger partial charge >= 0.3 is 0 Å². The van der Waals surface area contributed by atoms with Crippen molar-refractivity contribution in [3.63, 3.8) is 0 Å². The Hall–Kier alpha value is -2.44. The second-order valence-corrected chi connectivity index (χ2v) is 7.84. The second kappa shape index (κ2) is 6.70. The molecular weight excluding hydrogens is 335 g/mol. The molecule has 0 radical (unpaired) electrons. The molecule has 0 spiro atoms. The predicted octanol–water partition coefficient (Wildman–Crippen LogP) is 2.78. The summed E-state index contributed by atoms with van der Waals surface area (Å²) >= 11 is 0. The van der Waals surface area contributed by atoms with Crippen molar-refractivity contribution in [2.45, 2.75) is 40.0 Å². The molecule has 7 heteroatoms. The van der Waals surface area contributed by atoms with E-state index in [0.717, 1.165) is 18.6 Å². The van der Waals surface area contributed by atoms with Gasteiger partial charge in [0, 0.05) is 16.7 Å². The molecule has 0 saturated heterocycles. The molecule has 2 aliphatic rings. The van der Waals surface area contributed by atoms with Gasteiger partial charge in [0.2, 0.25) is 0 Å². The van der Waals surface area contributed by atoms with E-state index in [0.29, 0.717) is 11.5 Å². The maximum Gasteiger partial charge on any atom is 0.280 e. The fourth-order valence-electron chi connectivity index (χ4n) is 4.09. The lowest BCUT2D eigenvalue weighted by molar-refractivity contribution is -0.125. The van der Waals surface area contributed by atoms with E-state index in [2.05, 4.69) is 36.5 Å². The number of carbonyl (C=O) groups excluding carboxylic acids is 1. The van der Waals surface area contributed by atoms with Gasteiger partial charge in [0.05, 0.1) is 0 Å². The van der Waals surface area contributed by atoms with E-state index in [4.69, 9.17) is 10.6 Å². The van der Waals surface area contributed by atoms with Crippen molar-refractivity contribution in [3.8, 4) is 0 Å². The molecule has 3 rings (SSSR count). The lowest BCUT2D eigenvalue weighted by Crippen LogP contribution is -2.34. The Morgan fingerprint density at radius 1 is 1.35 bits per heavy atom. The highest BCUT2D eigenvalue weighted by atomic mass is 19.1. The van der Waals surface area contributed by atoms with Crippen LogP contribution in [0.2, 0.25) is 0 Å². The highest BCUT2D eigenvalue weighted by molar-refractivity contribution is 5.97. The van der Waals surface area contributed by atoms with Gasteiger partial charge in [-0.05, 0) is 54.9 Å². The van der Waals surface area contributed by atoms with Crippen LogP contribution >= 0.6 is 0 Å². The first-order chi connectivity index (χ1) is 12.2. The number of nitrogens with zero attached hydrogens (tertiary/aromatic N) is 2. The van der Waals surface area contributed by atoms with Gasteiger partial charge in [-0.25, -0.2) is 9.82 Å². The van der Waals surface area contributed by atoms with Crippen LogP contribution in [0.25, 0.3) is 0 Å². The number of amides is 1. The Balaban J connectivity index is 1.52. The molecule has 140 valence electrons. The fourth-order valence-corrected chi connectivity index (χ4v) is 4.09. The summed E-state index contributed by atoms with van der Waals surface area (Å²) in [6.07, 6.45) is 3.26. The average Bonchev–Trinajstić information content (AvgIpc) is 2.93. The van der Waals surface area contributed by atoms with E-state index in [1.807, 2.05) is 0 Å². The van der Waals surface area contributed by atoms with E-state index >= 15 is 0 Å². The summed E-state index contributed by atoms with van der Waals surface area (Å²) < 4.78 is 12.9. The zero-order chi connectivity index (χ0) is 18.9. The molecule has 2 atom stereocenters. The summed E-state index contributed by atoms with van der Waals surface area (Å²) in [6.45, 7) is 6.51. The number of carbonyl (C=O) groups is 1. The van der Waals surface area contributed by atoms with Crippen molar-refractivity contribution in [2.24, 2.45) is 32.7 Å². The van der Waals surface area contributed by atoms with Crippen molar-refractivity contribution >= 4 is 17.5 Å². The number of fused-ring (bicyclic) bond motifs is 2. The van der Waals surface area contributed by atoms with E-state index in [1.165, 1.54) is 30.7 Å². The van der Waals surface area contributed by atoms with Crippen LogP contribution in [0.15, 0.2) is 34.5 Å². The molecule has 1 aromatic carbocycles. The van der Waals surface area contributed by atoms with Crippen LogP contribution in [-0.2, 0) is 9.63 Å². The van der Waals surface area contributed by atoms with E-state index < -0.39 is 5.91 Å². The Kier molecular flexibility index (Phi) is 4.73. The molecule has 26 heavy (non-hydrogen) atoms. The smallest absolute Gasteiger partial charge is 0.280 e. The van der Waals surface area contributed by atoms with Gasteiger partial charge in [0.25, 0.3) is 5.91 Å². The third-order valence-electron chi connectivity index (χ3n) is 6.33. The Morgan fingerprint density at radius 3 is 2.62 bits per heavy atom. The monoisotopic (exact) mass is 360 g/mol. The summed E-state index contributed by atoms with van der Waals surface area (Å²) in [5.74, 6) is -0.0539. The van der Waals surface area contributed by atoms with Crippen molar-refractivity contribution < 1.29 is 14.0 Å². The standard InChI is InChI=1S/C19H25FN4O2/c1-18(2)13-8-9-19(18,3)15(10-13)22-23-16(25)11-26-24-17(21)12-4-6-14(20)7-5-12/h4-7,13H,8-11H2,1-3H3,(H2,21,24)(H,23,25)/b22-15+. The van der Waals surface area contributed by atoms with E-state index in [9.17, 15) is 9.18 Å². The zero-order valence-electron chi connectivity index (χ0n) is 15.4. The van der Waals surface area contributed by atoms with E-state index in [1.54, 1.807) is 0 Å². The molecule has 1 aromatic rings. The molecule has 2 bridgehead atoms. The summed E-state index contributed by atoms with van der Waals surface area (Å²) in [5, 5.41) is 8.04. The zero-order valence-corrected chi connectivity index (χ0v) is 15.4. The first-order valence-electron chi connectivity index (χ1n) is 8.81. The third kappa shape index (κ3) is 3.18. The minimum atomic E-state index is -0.391. The van der Waals surface area contributed by atoms with Crippen molar-refractivity contribution in [1.29, 1.82) is 0 Å². The number of nitrogens with two attached hydrogens (primary N) is 1. The maximum atomic E-state index is 12.9. The van der Waals surface area contributed by atoms with Crippen molar-refractivity contribution in [1.82, 2.24) is 5.43 Å². The second-order valence-electron chi connectivity index (χ2n) is 7.84. The molecule has 1 amide bonds. The molecule has 0 aromatic heterocycles. The lowest BCUT2D eigenvalue weighted by atomic mass is 9.70. The van der Waals surface area contributed by atoms with Gasteiger partial charge in [-0.1, -0.05) is 25.9 Å². The first kappa shape index (κ1) is 18.4. The number of rotatable bonds is 5. The minimum absolute atomic E-state index is 0.0387. The maximum absolute atomic E-state index is 12.9. The van der Waals surface area contributed by atoms with E-state index in [-0.39, 0.29) is 29.1 Å². The Bertz CT molecular complexity index is 757. The summed E-state index contributed by atoms with van der Waals surface area (Å²) in [6, 6.07) is 5.53. The number of hydrazone groups is 1. The van der Waals surface area contributed by atoms with Crippen molar-refractivity contribution in [2.75, 3.05) is 6.61 Å². The number of amidine groups is 1. The van der Waals surface area contributed by atoms with Crippen LogP contribution in [0.1, 0.15) is 45.6 Å². The normalized spacial score (nSPS) is 28.4. The Labute approximate surface area is 152 Å². The molecule has 2 fully saturated rings. The molecular formula is C19H25FN4O2. The topological polar surface area (TPSA) is 89.1 Å². The number of halogens is 1. The number of oxime groups is 1. The van der Waals surface area contributed by atoms with Crippen LogP contribution in [0.3, 0.4) is 0 Å². The molecule has 2 aliphatic carbocycles. The SMILES string of the molecule is CC12CCC(C/C1=N\NC(=O)CO/N=C(\N)c1ccc(F)cc1)C2(C)C. The third-order valence-corrected chi connectivity index (χ3v) is 6.33. The molecule has 2 saturated carbocycles. The molecule has 0 aliphatic heterocycles. The summed E-state index contributed by atoms with van der Waals surface area (Å²) in [7, 11) is 0. The number of hydrogen-bond acceptors (Lipinski definition) is 4. The largest absolute Gasteiger partial charge is 0.384 e. The summed E-state index contributed by atoms with van der Waals surface area (Å²) in [4.78, 5) is 16.9. The fraction of sp³-hybridized carbons (Fsp3) is 0.526. The number of benzene rings is 1. The van der Waals surface area contributed by atoms with Crippen molar-refractivity contribution in [3.05, 3.63) is 35.6 Å². The number of nitrogens with one attached hydrogen (secondary N) is 1. The lowest BCUT2D eigenvalue weighted by Gasteiger charge is -2.34. The van der Waals surface area contributed by atoms with Gasteiger partial charge in [0.1, 0.15) is 5.82 Å². The summed E-state index contributed by atoms with van der Waals surface area (Å²) in [5.41, 5.74) is 10.1. The van der Waals surface area contributed by atoms with Gasteiger partial charge < -0.3 is 10.6 Å². The first-order valence-corrected chi connectivity index (χ1v) is 8.81. The number of hydrogen-bond donors (Lipinski definition) is 2. The van der Waals surface area contributed by atoms with Crippen LogP contribution < -0.4 is 11.2 Å². The van der Waals surface area contributed by atoms with Crippen LogP contribution in [-0.4, -0.2) is 24.1 Å². The molecule has 0 heterocycles. The quantitative estimate of drug-likeness (QED) is 0.481. The highest BCUT2D eigenvalue weighted by Crippen LogP contribution is 2.63. The average molecular weight is 360 g/mol. The van der Waals surface area contributed by atoms with Gasteiger partial charge in [-0.15, -0.1) is 0 Å². The molecule has 2 unspecified atom stereocenters. The van der Waals surface area contributed by atoms with Crippen LogP contribution in [0, 0.1) is 22.6 Å². The molecule has 6 nitrogen and oxygen atoms in total.